The Morgan fingerprint density at radius 1 is 1.29 bits per heavy atom. The van der Waals surface area contributed by atoms with Crippen LogP contribution in [0.15, 0.2) is 29.5 Å². The van der Waals surface area contributed by atoms with Gasteiger partial charge in [0.1, 0.15) is 21.3 Å². The maximum Gasteiger partial charge on any atom is 0.261 e. The van der Waals surface area contributed by atoms with Crippen molar-refractivity contribution >= 4 is 49.7 Å². The molecule has 6 heterocycles. The minimum atomic E-state index is -0.231. The van der Waals surface area contributed by atoms with E-state index in [2.05, 4.69) is 37.3 Å². The minimum absolute atomic E-state index is 0.0839. The van der Waals surface area contributed by atoms with Crippen LogP contribution in [0, 0.1) is 12.8 Å². The lowest BCUT2D eigenvalue weighted by Gasteiger charge is -2.14. The van der Waals surface area contributed by atoms with Crippen molar-refractivity contribution in [3.63, 3.8) is 0 Å². The SMILES string of the molecule is Cc1nn(C)cc1-c1cn2nc3c4ncc(NC(=O)CN5CCC(C)C5)cc4[nH]c(=O)c3c2s1. The van der Waals surface area contributed by atoms with Gasteiger partial charge < -0.3 is 10.3 Å². The van der Waals surface area contributed by atoms with E-state index in [-0.39, 0.29) is 11.5 Å². The average molecular weight is 477 g/mol. The number of aromatic amines is 1. The summed E-state index contributed by atoms with van der Waals surface area (Å²) in [7, 11) is 1.89. The summed E-state index contributed by atoms with van der Waals surface area (Å²) in [5.74, 6) is 0.538. The highest BCUT2D eigenvalue weighted by molar-refractivity contribution is 7.21. The second-order valence-corrected chi connectivity index (χ2v) is 10.2. The number of nitrogens with zero attached hydrogens (tertiary/aromatic N) is 6. The summed E-state index contributed by atoms with van der Waals surface area (Å²) in [4.78, 5) is 36.9. The number of thiazole rings is 1. The Balaban J connectivity index is 1.35. The van der Waals surface area contributed by atoms with E-state index >= 15 is 0 Å². The highest BCUT2D eigenvalue weighted by Crippen LogP contribution is 2.34. The quantitative estimate of drug-likeness (QED) is 0.412. The lowest BCUT2D eigenvalue weighted by Crippen LogP contribution is -2.31. The van der Waals surface area contributed by atoms with Gasteiger partial charge in [-0.05, 0) is 31.9 Å². The number of anilines is 1. The van der Waals surface area contributed by atoms with Gasteiger partial charge in [0.15, 0.2) is 0 Å². The van der Waals surface area contributed by atoms with E-state index in [0.29, 0.717) is 40.1 Å². The van der Waals surface area contributed by atoms with Crippen LogP contribution in [-0.2, 0) is 11.8 Å². The number of H-pyrrole nitrogens is 1. The Bertz CT molecular complexity index is 1640. The van der Waals surface area contributed by atoms with Gasteiger partial charge in [0.2, 0.25) is 5.91 Å². The standard InChI is InChI=1S/C23H24N8O2S/c1-12-4-5-30(8-12)11-18(32)25-14-6-16-20(24-7-14)21-19(22(33)26-16)23-31(28-21)10-17(34-23)15-9-29(3)27-13(15)2/h6-7,9-10,12H,4-5,8,11H2,1-3H3,(H,25,32)(H,26,33). The van der Waals surface area contributed by atoms with Crippen LogP contribution in [0.5, 0.6) is 0 Å². The fourth-order valence-electron chi connectivity index (χ4n) is 4.76. The van der Waals surface area contributed by atoms with Crippen molar-refractivity contribution in [2.75, 3.05) is 25.0 Å². The number of likely N-dealkylation sites (tertiary alicyclic amines) is 1. The van der Waals surface area contributed by atoms with Gasteiger partial charge in [0.05, 0.1) is 34.5 Å². The molecule has 0 aliphatic carbocycles. The van der Waals surface area contributed by atoms with Crippen molar-refractivity contribution < 1.29 is 4.79 Å². The van der Waals surface area contributed by atoms with Crippen molar-refractivity contribution in [2.45, 2.75) is 20.3 Å². The number of amides is 1. The summed E-state index contributed by atoms with van der Waals surface area (Å²) in [6.45, 7) is 6.39. The molecule has 11 heteroatoms. The van der Waals surface area contributed by atoms with Gasteiger partial charge >= 0.3 is 0 Å². The number of aromatic nitrogens is 6. The van der Waals surface area contributed by atoms with Gasteiger partial charge in [0, 0.05) is 31.5 Å². The van der Waals surface area contributed by atoms with Gasteiger partial charge in [-0.25, -0.2) is 4.52 Å². The number of nitrogens with one attached hydrogen (secondary N) is 2. The number of fused-ring (bicyclic) bond motifs is 5. The van der Waals surface area contributed by atoms with Gasteiger partial charge in [-0.2, -0.15) is 10.2 Å². The van der Waals surface area contributed by atoms with Gasteiger partial charge in [-0.15, -0.1) is 11.3 Å². The highest BCUT2D eigenvalue weighted by atomic mass is 32.1. The van der Waals surface area contributed by atoms with Crippen LogP contribution in [0.4, 0.5) is 5.69 Å². The zero-order chi connectivity index (χ0) is 23.6. The van der Waals surface area contributed by atoms with Crippen molar-refractivity contribution in [1.29, 1.82) is 0 Å². The highest BCUT2D eigenvalue weighted by Gasteiger charge is 2.22. The molecule has 0 radical (unpaired) electrons. The molecule has 1 saturated heterocycles. The lowest BCUT2D eigenvalue weighted by atomic mass is 10.2. The molecule has 174 valence electrons. The number of carbonyl (C=O) groups is 1. The summed E-state index contributed by atoms with van der Waals surface area (Å²) in [5, 5.41) is 12.5. The summed E-state index contributed by atoms with van der Waals surface area (Å²) in [5.41, 5.74) is 3.94. The van der Waals surface area contributed by atoms with Crippen LogP contribution in [0.2, 0.25) is 0 Å². The van der Waals surface area contributed by atoms with Crippen LogP contribution in [0.25, 0.3) is 37.2 Å². The van der Waals surface area contributed by atoms with E-state index in [1.54, 1.807) is 21.5 Å². The van der Waals surface area contributed by atoms with E-state index in [4.69, 9.17) is 0 Å². The zero-order valence-electron chi connectivity index (χ0n) is 19.1. The molecule has 1 atom stereocenters. The second-order valence-electron chi connectivity index (χ2n) is 9.12. The number of pyridine rings is 2. The third-order valence-electron chi connectivity index (χ3n) is 6.34. The second kappa shape index (κ2) is 7.74. The zero-order valence-corrected chi connectivity index (χ0v) is 19.9. The molecule has 0 bridgehead atoms. The third-order valence-corrected chi connectivity index (χ3v) is 7.47. The first-order valence-electron chi connectivity index (χ1n) is 11.2. The molecule has 1 amide bonds. The molecule has 5 aromatic rings. The molecule has 2 N–H and O–H groups in total. The van der Waals surface area contributed by atoms with E-state index in [1.165, 1.54) is 11.3 Å². The molecular formula is C23H24N8O2S. The fraction of sp³-hybridized carbons (Fsp3) is 0.348. The predicted molar refractivity (Wildman–Crippen MR) is 132 cm³/mol. The Morgan fingerprint density at radius 2 is 2.15 bits per heavy atom. The Hall–Kier alpha value is -3.57. The molecule has 1 fully saturated rings. The van der Waals surface area contributed by atoms with Crippen LogP contribution >= 0.6 is 11.3 Å². The summed E-state index contributed by atoms with van der Waals surface area (Å²) in [6, 6.07) is 1.74. The summed E-state index contributed by atoms with van der Waals surface area (Å²) in [6.07, 6.45) is 6.61. The maximum atomic E-state index is 13.0. The molecular weight excluding hydrogens is 452 g/mol. The molecule has 34 heavy (non-hydrogen) atoms. The van der Waals surface area contributed by atoms with Crippen LogP contribution in [-0.4, -0.2) is 59.8 Å². The van der Waals surface area contributed by atoms with E-state index < -0.39 is 0 Å². The Morgan fingerprint density at radius 3 is 2.88 bits per heavy atom. The van der Waals surface area contributed by atoms with Crippen LogP contribution in [0.1, 0.15) is 19.0 Å². The number of rotatable bonds is 4. The van der Waals surface area contributed by atoms with Crippen molar-refractivity contribution in [3.8, 4) is 10.4 Å². The molecule has 0 saturated carbocycles. The summed E-state index contributed by atoms with van der Waals surface area (Å²) >= 11 is 1.50. The van der Waals surface area contributed by atoms with Crippen LogP contribution < -0.4 is 10.9 Å². The first kappa shape index (κ1) is 21.0. The maximum absolute atomic E-state index is 13.0. The van der Waals surface area contributed by atoms with Crippen molar-refractivity contribution in [1.82, 2.24) is 34.3 Å². The fourth-order valence-corrected chi connectivity index (χ4v) is 5.91. The normalized spacial score (nSPS) is 16.9. The molecule has 10 nitrogen and oxygen atoms in total. The molecule has 0 aromatic carbocycles. The van der Waals surface area contributed by atoms with E-state index in [0.717, 1.165) is 40.5 Å². The molecule has 6 rings (SSSR count). The largest absolute Gasteiger partial charge is 0.324 e. The number of hydrogen-bond donors (Lipinski definition) is 2. The smallest absolute Gasteiger partial charge is 0.261 e. The lowest BCUT2D eigenvalue weighted by molar-refractivity contribution is -0.117. The Labute approximate surface area is 198 Å². The van der Waals surface area contributed by atoms with E-state index in [9.17, 15) is 9.59 Å². The Kier molecular flexibility index (Phi) is 4.78. The predicted octanol–water partition coefficient (Wildman–Crippen LogP) is 2.77. The minimum Gasteiger partial charge on any atom is -0.324 e. The van der Waals surface area contributed by atoms with Crippen LogP contribution in [0.3, 0.4) is 0 Å². The third kappa shape index (κ3) is 3.48. The van der Waals surface area contributed by atoms with Gasteiger partial charge in [-0.3, -0.25) is 24.2 Å². The first-order valence-corrected chi connectivity index (χ1v) is 12.0. The molecule has 0 spiro atoms. The number of hydrogen-bond acceptors (Lipinski definition) is 7. The van der Waals surface area contributed by atoms with Gasteiger partial charge in [-0.1, -0.05) is 6.92 Å². The summed E-state index contributed by atoms with van der Waals surface area (Å²) < 4.78 is 3.51. The average Bonchev–Trinajstić information content (AvgIpc) is 3.51. The van der Waals surface area contributed by atoms with E-state index in [1.807, 2.05) is 26.4 Å². The first-order chi connectivity index (χ1) is 16.4. The van der Waals surface area contributed by atoms with Crippen molar-refractivity contribution in [2.24, 2.45) is 13.0 Å². The van der Waals surface area contributed by atoms with Crippen molar-refractivity contribution in [3.05, 3.63) is 40.7 Å². The number of carbonyl (C=O) groups excluding carboxylic acids is 1. The molecule has 1 aliphatic heterocycles. The van der Waals surface area contributed by atoms with Gasteiger partial charge in [0.25, 0.3) is 5.56 Å². The number of aryl methyl sites for hydroxylation is 2. The monoisotopic (exact) mass is 476 g/mol. The molecule has 1 unspecified atom stereocenters. The molecule has 1 aliphatic rings. The topological polar surface area (TPSA) is 113 Å². The molecule has 5 aromatic heterocycles.